The number of ether oxygens (including phenoxy) is 1. The minimum absolute atomic E-state index is 0.348. The molecule has 1 aromatic rings. The molecule has 1 N–H and O–H groups in total. The number of hydrogen-bond acceptors (Lipinski definition) is 3. The van der Waals surface area contributed by atoms with Crippen LogP contribution < -0.4 is 0 Å². The van der Waals surface area contributed by atoms with Crippen molar-refractivity contribution in [3.05, 3.63) is 35.9 Å². The molecular formula is C14H20O3. The first-order valence-electron chi connectivity index (χ1n) is 5.93. The summed E-state index contributed by atoms with van der Waals surface area (Å²) in [5.74, 6) is -0.348. The van der Waals surface area contributed by atoms with Crippen LogP contribution in [0, 0.1) is 5.41 Å². The number of carbonyl (C=O) groups is 1. The first kappa shape index (κ1) is 13.7. The third-order valence-corrected chi connectivity index (χ3v) is 3.49. The Hall–Kier alpha value is -1.35. The fourth-order valence-electron chi connectivity index (χ4n) is 2.19. The zero-order valence-electron chi connectivity index (χ0n) is 10.6. The molecule has 17 heavy (non-hydrogen) atoms. The molecule has 94 valence electrons. The lowest BCUT2D eigenvalue weighted by atomic mass is 9.74. The molecule has 0 bridgehead atoms. The average molecular weight is 236 g/mol. The third kappa shape index (κ3) is 2.50. The first-order chi connectivity index (χ1) is 8.12. The van der Waals surface area contributed by atoms with Gasteiger partial charge in [-0.25, -0.2) is 0 Å². The molecule has 1 aromatic carbocycles. The van der Waals surface area contributed by atoms with E-state index in [2.05, 4.69) is 0 Å². The topological polar surface area (TPSA) is 46.5 Å². The highest BCUT2D eigenvalue weighted by molar-refractivity contribution is 5.77. The van der Waals surface area contributed by atoms with Gasteiger partial charge in [0.05, 0.1) is 18.6 Å². The van der Waals surface area contributed by atoms with Gasteiger partial charge in [-0.1, -0.05) is 44.2 Å². The Morgan fingerprint density at radius 1 is 1.29 bits per heavy atom. The van der Waals surface area contributed by atoms with Gasteiger partial charge in [0.1, 0.15) is 0 Å². The van der Waals surface area contributed by atoms with Gasteiger partial charge < -0.3 is 9.84 Å². The number of hydrogen-bond donors (Lipinski definition) is 1. The molecule has 0 fully saturated rings. The summed E-state index contributed by atoms with van der Waals surface area (Å²) in [6.45, 7) is 3.79. The van der Waals surface area contributed by atoms with Gasteiger partial charge in [-0.15, -0.1) is 0 Å². The second-order valence-corrected chi connectivity index (χ2v) is 4.17. The monoisotopic (exact) mass is 236 g/mol. The molecule has 0 aliphatic heterocycles. The van der Waals surface area contributed by atoms with Gasteiger partial charge in [0, 0.05) is 0 Å². The van der Waals surface area contributed by atoms with Crippen LogP contribution in [0.4, 0.5) is 0 Å². The third-order valence-electron chi connectivity index (χ3n) is 3.49. The number of rotatable bonds is 5. The van der Waals surface area contributed by atoms with E-state index < -0.39 is 11.5 Å². The number of aliphatic hydroxyl groups excluding tert-OH is 1. The van der Waals surface area contributed by atoms with E-state index in [9.17, 15) is 9.90 Å². The van der Waals surface area contributed by atoms with Crippen LogP contribution in [-0.4, -0.2) is 18.2 Å². The maximum Gasteiger partial charge on any atom is 0.314 e. The number of carbonyl (C=O) groups excluding carboxylic acids is 1. The van der Waals surface area contributed by atoms with Crippen molar-refractivity contribution in [3.8, 4) is 0 Å². The number of methoxy groups -OCH3 is 1. The normalized spacial score (nSPS) is 13.2. The van der Waals surface area contributed by atoms with Gasteiger partial charge >= 0.3 is 5.97 Å². The van der Waals surface area contributed by atoms with E-state index in [1.54, 1.807) is 0 Å². The molecule has 3 nitrogen and oxygen atoms in total. The Morgan fingerprint density at radius 3 is 2.24 bits per heavy atom. The lowest BCUT2D eigenvalue weighted by Crippen LogP contribution is -2.37. The van der Waals surface area contributed by atoms with Crippen molar-refractivity contribution < 1.29 is 14.6 Å². The fraction of sp³-hybridized carbons (Fsp3) is 0.500. The molecular weight excluding hydrogens is 216 g/mol. The minimum Gasteiger partial charge on any atom is -0.469 e. The summed E-state index contributed by atoms with van der Waals surface area (Å²) in [6, 6.07) is 9.24. The summed E-state index contributed by atoms with van der Waals surface area (Å²) in [7, 11) is 1.36. The average Bonchev–Trinajstić information content (AvgIpc) is 2.41. The SMILES string of the molecule is CCC(CC)(C(=O)OC)[C@H](O)c1ccccc1. The van der Waals surface area contributed by atoms with Crippen molar-refractivity contribution in [2.75, 3.05) is 7.11 Å². The Labute approximate surface area is 102 Å². The van der Waals surface area contributed by atoms with Crippen LogP contribution in [0.2, 0.25) is 0 Å². The van der Waals surface area contributed by atoms with E-state index in [0.29, 0.717) is 12.8 Å². The Bertz CT molecular complexity index is 355. The maximum absolute atomic E-state index is 11.9. The number of benzene rings is 1. The van der Waals surface area contributed by atoms with Crippen LogP contribution in [0.5, 0.6) is 0 Å². The summed E-state index contributed by atoms with van der Waals surface area (Å²) in [4.78, 5) is 11.9. The minimum atomic E-state index is -0.851. The molecule has 0 saturated carbocycles. The Balaban J connectivity index is 3.11. The number of aliphatic hydroxyl groups is 1. The van der Waals surface area contributed by atoms with Crippen LogP contribution in [0.25, 0.3) is 0 Å². The van der Waals surface area contributed by atoms with Crippen LogP contribution in [0.15, 0.2) is 30.3 Å². The van der Waals surface area contributed by atoms with E-state index in [4.69, 9.17) is 4.74 Å². The summed E-state index contributed by atoms with van der Waals surface area (Å²) in [6.07, 6.45) is 0.268. The Morgan fingerprint density at radius 2 is 1.82 bits per heavy atom. The highest BCUT2D eigenvalue weighted by Crippen LogP contribution is 2.41. The van der Waals surface area contributed by atoms with E-state index >= 15 is 0 Å². The predicted octanol–water partition coefficient (Wildman–Crippen LogP) is 2.70. The second kappa shape index (κ2) is 5.82. The molecule has 0 amide bonds. The molecule has 0 saturated heterocycles. The molecule has 3 heteroatoms. The first-order valence-corrected chi connectivity index (χ1v) is 5.93. The largest absolute Gasteiger partial charge is 0.469 e. The van der Waals surface area contributed by atoms with E-state index in [1.807, 2.05) is 44.2 Å². The number of esters is 1. The van der Waals surface area contributed by atoms with Crippen molar-refractivity contribution in [3.63, 3.8) is 0 Å². The van der Waals surface area contributed by atoms with Gasteiger partial charge in [0.15, 0.2) is 0 Å². The maximum atomic E-state index is 11.9. The molecule has 0 aromatic heterocycles. The van der Waals surface area contributed by atoms with Gasteiger partial charge in [-0.2, -0.15) is 0 Å². The molecule has 0 spiro atoms. The predicted molar refractivity (Wildman–Crippen MR) is 66.4 cm³/mol. The lowest BCUT2D eigenvalue weighted by molar-refractivity contribution is -0.162. The zero-order chi connectivity index (χ0) is 12.9. The van der Waals surface area contributed by atoms with E-state index in [0.717, 1.165) is 5.56 Å². The molecule has 0 aliphatic carbocycles. The summed E-state index contributed by atoms with van der Waals surface area (Å²) < 4.78 is 4.84. The van der Waals surface area contributed by atoms with Gasteiger partial charge in [-0.05, 0) is 18.4 Å². The van der Waals surface area contributed by atoms with Gasteiger partial charge in [0.25, 0.3) is 0 Å². The quantitative estimate of drug-likeness (QED) is 0.799. The van der Waals surface area contributed by atoms with Gasteiger partial charge in [0.2, 0.25) is 0 Å². The lowest BCUT2D eigenvalue weighted by Gasteiger charge is -2.33. The van der Waals surface area contributed by atoms with Crippen molar-refractivity contribution in [1.29, 1.82) is 0 Å². The second-order valence-electron chi connectivity index (χ2n) is 4.17. The summed E-state index contributed by atoms with van der Waals surface area (Å²) in [5, 5.41) is 10.4. The molecule has 0 aliphatic rings. The molecule has 0 radical (unpaired) electrons. The van der Waals surface area contributed by atoms with E-state index in [1.165, 1.54) is 7.11 Å². The molecule has 0 heterocycles. The van der Waals surface area contributed by atoms with Crippen molar-refractivity contribution in [2.45, 2.75) is 32.8 Å². The van der Waals surface area contributed by atoms with Crippen LogP contribution in [0.1, 0.15) is 38.4 Å². The highest BCUT2D eigenvalue weighted by Gasteiger charge is 2.43. The highest BCUT2D eigenvalue weighted by atomic mass is 16.5. The van der Waals surface area contributed by atoms with Crippen LogP contribution >= 0.6 is 0 Å². The summed E-state index contributed by atoms with van der Waals surface area (Å²) in [5.41, 5.74) is -0.0996. The molecule has 0 unspecified atom stereocenters. The van der Waals surface area contributed by atoms with Crippen molar-refractivity contribution >= 4 is 5.97 Å². The standard InChI is InChI=1S/C14H20O3/c1-4-14(5-2,13(16)17-3)12(15)11-9-7-6-8-10-11/h6-10,12,15H,4-5H2,1-3H3/t12-/m1/s1. The Kier molecular flexibility index (Phi) is 4.70. The van der Waals surface area contributed by atoms with Crippen LogP contribution in [0.3, 0.4) is 0 Å². The van der Waals surface area contributed by atoms with Crippen molar-refractivity contribution in [1.82, 2.24) is 0 Å². The summed E-state index contributed by atoms with van der Waals surface area (Å²) >= 11 is 0. The van der Waals surface area contributed by atoms with Crippen LogP contribution in [-0.2, 0) is 9.53 Å². The van der Waals surface area contributed by atoms with E-state index in [-0.39, 0.29) is 5.97 Å². The van der Waals surface area contributed by atoms with Crippen molar-refractivity contribution in [2.24, 2.45) is 5.41 Å². The fourth-order valence-corrected chi connectivity index (χ4v) is 2.19. The zero-order valence-corrected chi connectivity index (χ0v) is 10.6. The van der Waals surface area contributed by atoms with Gasteiger partial charge in [-0.3, -0.25) is 4.79 Å². The smallest absolute Gasteiger partial charge is 0.314 e. The molecule has 1 atom stereocenters. The molecule has 1 rings (SSSR count).